The SMILES string of the molecule is Cc1c(NNC(=O)OC(C)(C)C)cccc1C(=O)O. The van der Waals surface area contributed by atoms with E-state index in [0.29, 0.717) is 11.3 Å². The molecule has 0 saturated heterocycles. The number of nitrogens with one attached hydrogen (secondary N) is 2. The number of hydrogen-bond donors (Lipinski definition) is 3. The first-order valence-electron chi connectivity index (χ1n) is 5.78. The molecule has 6 heteroatoms. The van der Waals surface area contributed by atoms with Crippen molar-refractivity contribution in [3.63, 3.8) is 0 Å². The van der Waals surface area contributed by atoms with Crippen LogP contribution in [0.5, 0.6) is 0 Å². The number of anilines is 1. The van der Waals surface area contributed by atoms with Crippen molar-refractivity contribution >= 4 is 17.7 Å². The van der Waals surface area contributed by atoms with Crippen LogP contribution in [0.4, 0.5) is 10.5 Å². The van der Waals surface area contributed by atoms with E-state index in [1.165, 1.54) is 6.07 Å². The molecular weight excluding hydrogens is 248 g/mol. The van der Waals surface area contributed by atoms with Crippen LogP contribution in [-0.4, -0.2) is 22.8 Å². The number of carboxylic acids is 1. The molecule has 0 unspecified atom stereocenters. The Morgan fingerprint density at radius 1 is 1.26 bits per heavy atom. The minimum absolute atomic E-state index is 0.177. The van der Waals surface area contributed by atoms with Crippen molar-refractivity contribution in [3.05, 3.63) is 29.3 Å². The highest BCUT2D eigenvalue weighted by molar-refractivity contribution is 5.91. The largest absolute Gasteiger partial charge is 0.478 e. The van der Waals surface area contributed by atoms with E-state index >= 15 is 0 Å². The molecule has 6 nitrogen and oxygen atoms in total. The summed E-state index contributed by atoms with van der Waals surface area (Å²) in [7, 11) is 0. The maximum absolute atomic E-state index is 11.4. The molecule has 0 radical (unpaired) electrons. The Morgan fingerprint density at radius 2 is 1.89 bits per heavy atom. The molecule has 0 saturated carbocycles. The van der Waals surface area contributed by atoms with Gasteiger partial charge in [0, 0.05) is 0 Å². The van der Waals surface area contributed by atoms with Crippen LogP contribution in [0.3, 0.4) is 0 Å². The molecule has 0 aromatic heterocycles. The standard InChI is InChI=1S/C13H18N2O4/c1-8-9(11(16)17)6-5-7-10(8)14-15-12(18)19-13(2,3)4/h5-7,14H,1-4H3,(H,15,18)(H,16,17). The van der Waals surface area contributed by atoms with Crippen LogP contribution in [0, 0.1) is 6.92 Å². The van der Waals surface area contributed by atoms with E-state index in [4.69, 9.17) is 9.84 Å². The number of benzene rings is 1. The number of hydrazine groups is 1. The highest BCUT2D eigenvalue weighted by Crippen LogP contribution is 2.18. The summed E-state index contributed by atoms with van der Waals surface area (Å²) >= 11 is 0. The number of aromatic carboxylic acids is 1. The van der Waals surface area contributed by atoms with Gasteiger partial charge < -0.3 is 9.84 Å². The van der Waals surface area contributed by atoms with Gasteiger partial charge in [0.25, 0.3) is 0 Å². The number of rotatable bonds is 3. The lowest BCUT2D eigenvalue weighted by molar-refractivity contribution is 0.0540. The van der Waals surface area contributed by atoms with Crippen LogP contribution in [-0.2, 0) is 4.74 Å². The van der Waals surface area contributed by atoms with Crippen LogP contribution in [0.25, 0.3) is 0 Å². The monoisotopic (exact) mass is 266 g/mol. The van der Waals surface area contributed by atoms with Crippen molar-refractivity contribution in [2.75, 3.05) is 5.43 Å². The highest BCUT2D eigenvalue weighted by Gasteiger charge is 2.16. The number of hydrogen-bond acceptors (Lipinski definition) is 4. The van der Waals surface area contributed by atoms with Gasteiger partial charge in [-0.3, -0.25) is 5.43 Å². The second-order valence-electron chi connectivity index (χ2n) is 5.04. The molecule has 19 heavy (non-hydrogen) atoms. The van der Waals surface area contributed by atoms with Gasteiger partial charge in [-0.2, -0.15) is 0 Å². The molecule has 1 rings (SSSR count). The molecule has 0 fully saturated rings. The topological polar surface area (TPSA) is 87.7 Å². The van der Waals surface area contributed by atoms with Gasteiger partial charge in [-0.15, -0.1) is 0 Å². The first-order chi connectivity index (χ1) is 8.70. The van der Waals surface area contributed by atoms with Crippen LogP contribution in [0.15, 0.2) is 18.2 Å². The zero-order valence-corrected chi connectivity index (χ0v) is 11.4. The third kappa shape index (κ3) is 4.50. The Labute approximate surface area is 111 Å². The molecule has 0 heterocycles. The van der Waals surface area contributed by atoms with Gasteiger partial charge in [-0.25, -0.2) is 15.0 Å². The summed E-state index contributed by atoms with van der Waals surface area (Å²) < 4.78 is 5.05. The Balaban J connectivity index is 2.71. The summed E-state index contributed by atoms with van der Waals surface area (Å²) in [5.41, 5.74) is 5.62. The van der Waals surface area contributed by atoms with Gasteiger partial charge in [0.1, 0.15) is 5.60 Å². The molecule has 3 N–H and O–H groups in total. The fourth-order valence-corrected chi connectivity index (χ4v) is 1.42. The van der Waals surface area contributed by atoms with Gasteiger partial charge in [0.05, 0.1) is 11.3 Å². The lowest BCUT2D eigenvalue weighted by Crippen LogP contribution is -2.36. The average molecular weight is 266 g/mol. The molecule has 0 aliphatic carbocycles. The van der Waals surface area contributed by atoms with Crippen LogP contribution < -0.4 is 10.9 Å². The van der Waals surface area contributed by atoms with Crippen LogP contribution in [0.2, 0.25) is 0 Å². The zero-order valence-electron chi connectivity index (χ0n) is 11.4. The molecule has 0 aliphatic rings. The van der Waals surface area contributed by atoms with E-state index in [-0.39, 0.29) is 5.56 Å². The normalized spacial score (nSPS) is 10.7. The van der Waals surface area contributed by atoms with Gasteiger partial charge in [0.2, 0.25) is 0 Å². The van der Waals surface area contributed by atoms with E-state index in [2.05, 4.69) is 10.9 Å². The van der Waals surface area contributed by atoms with Gasteiger partial charge >= 0.3 is 12.1 Å². The molecule has 1 amide bonds. The van der Waals surface area contributed by atoms with E-state index < -0.39 is 17.7 Å². The van der Waals surface area contributed by atoms with Crippen LogP contribution >= 0.6 is 0 Å². The second kappa shape index (κ2) is 5.60. The Kier molecular flexibility index (Phi) is 4.37. The third-order valence-corrected chi connectivity index (χ3v) is 2.26. The lowest BCUT2D eigenvalue weighted by Gasteiger charge is -2.20. The summed E-state index contributed by atoms with van der Waals surface area (Å²) in [5, 5.41) is 8.98. The minimum atomic E-state index is -1.02. The number of carbonyl (C=O) groups is 2. The Morgan fingerprint density at radius 3 is 2.42 bits per heavy atom. The van der Waals surface area contributed by atoms with Crippen molar-refractivity contribution in [1.29, 1.82) is 0 Å². The Bertz CT molecular complexity index is 492. The lowest BCUT2D eigenvalue weighted by atomic mass is 10.1. The Hall–Kier alpha value is -2.24. The highest BCUT2D eigenvalue weighted by atomic mass is 16.6. The van der Waals surface area contributed by atoms with E-state index in [0.717, 1.165) is 0 Å². The van der Waals surface area contributed by atoms with E-state index in [1.54, 1.807) is 39.8 Å². The van der Waals surface area contributed by atoms with Crippen molar-refractivity contribution in [2.45, 2.75) is 33.3 Å². The number of carbonyl (C=O) groups excluding carboxylic acids is 1. The molecular formula is C13H18N2O4. The minimum Gasteiger partial charge on any atom is -0.478 e. The fraction of sp³-hybridized carbons (Fsp3) is 0.385. The van der Waals surface area contributed by atoms with Gasteiger partial charge in [-0.1, -0.05) is 6.07 Å². The first kappa shape index (κ1) is 14.8. The van der Waals surface area contributed by atoms with Gasteiger partial charge in [-0.05, 0) is 45.4 Å². The van der Waals surface area contributed by atoms with Crippen LogP contribution in [0.1, 0.15) is 36.7 Å². The predicted octanol–water partition coefficient (Wildman–Crippen LogP) is 2.54. The fourth-order valence-electron chi connectivity index (χ4n) is 1.42. The second-order valence-corrected chi connectivity index (χ2v) is 5.04. The molecule has 0 spiro atoms. The first-order valence-corrected chi connectivity index (χ1v) is 5.78. The summed E-state index contributed by atoms with van der Waals surface area (Å²) in [5.74, 6) is -1.02. The number of ether oxygens (including phenoxy) is 1. The smallest absolute Gasteiger partial charge is 0.426 e. The third-order valence-electron chi connectivity index (χ3n) is 2.26. The summed E-state index contributed by atoms with van der Waals surface area (Å²) in [6, 6.07) is 4.75. The van der Waals surface area contributed by atoms with E-state index in [1.807, 2.05) is 0 Å². The quantitative estimate of drug-likeness (QED) is 0.732. The molecule has 1 aromatic carbocycles. The molecule has 0 bridgehead atoms. The molecule has 0 atom stereocenters. The molecule has 104 valence electrons. The molecule has 0 aliphatic heterocycles. The summed E-state index contributed by atoms with van der Waals surface area (Å²) in [4.78, 5) is 22.4. The van der Waals surface area contributed by atoms with Crippen molar-refractivity contribution in [3.8, 4) is 0 Å². The molecule has 1 aromatic rings. The zero-order chi connectivity index (χ0) is 14.6. The van der Waals surface area contributed by atoms with Crippen molar-refractivity contribution < 1.29 is 19.4 Å². The summed E-state index contributed by atoms with van der Waals surface area (Å²) in [6.45, 7) is 6.91. The number of amides is 1. The van der Waals surface area contributed by atoms with Crippen molar-refractivity contribution in [1.82, 2.24) is 5.43 Å². The van der Waals surface area contributed by atoms with Crippen molar-refractivity contribution in [2.24, 2.45) is 0 Å². The van der Waals surface area contributed by atoms with Gasteiger partial charge in [0.15, 0.2) is 0 Å². The maximum atomic E-state index is 11.4. The predicted molar refractivity (Wildman–Crippen MR) is 71.1 cm³/mol. The summed E-state index contributed by atoms with van der Waals surface area (Å²) in [6.07, 6.45) is -0.632. The average Bonchev–Trinajstić information content (AvgIpc) is 2.24. The maximum Gasteiger partial charge on any atom is 0.426 e. The number of carboxylic acid groups (broad SMARTS) is 1. The van der Waals surface area contributed by atoms with E-state index in [9.17, 15) is 9.59 Å².